The summed E-state index contributed by atoms with van der Waals surface area (Å²) in [5.41, 5.74) is 8.46. The van der Waals surface area contributed by atoms with Crippen molar-refractivity contribution in [3.8, 4) is 0 Å². The van der Waals surface area contributed by atoms with Gasteiger partial charge in [0.05, 0.1) is 0 Å². The lowest BCUT2D eigenvalue weighted by Crippen LogP contribution is -2.28. The van der Waals surface area contributed by atoms with Gasteiger partial charge in [0.25, 0.3) is 5.56 Å². The van der Waals surface area contributed by atoms with E-state index in [0.29, 0.717) is 11.4 Å². The number of hydrogen-bond donors (Lipinski definition) is 2. The second-order valence-electron chi connectivity index (χ2n) is 4.71. The number of carbonyl (C=O) groups excluding carboxylic acids is 1. The smallest absolute Gasteiger partial charge is 0.251 e. The van der Waals surface area contributed by atoms with Gasteiger partial charge in [0.1, 0.15) is 6.54 Å². The first kappa shape index (κ1) is 13.9. The lowest BCUT2D eigenvalue weighted by Gasteiger charge is -2.11. The zero-order valence-electron chi connectivity index (χ0n) is 11.5. The highest BCUT2D eigenvalue weighted by Gasteiger charge is 2.08. The van der Waals surface area contributed by atoms with Crippen molar-refractivity contribution in [3.63, 3.8) is 0 Å². The van der Waals surface area contributed by atoms with Gasteiger partial charge in [-0.2, -0.15) is 0 Å². The number of benzene rings is 1. The first-order valence-corrected chi connectivity index (χ1v) is 6.30. The Morgan fingerprint density at radius 3 is 2.65 bits per heavy atom. The summed E-state index contributed by atoms with van der Waals surface area (Å²) in [6.45, 7) is 3.66. The van der Waals surface area contributed by atoms with E-state index in [1.54, 1.807) is 37.3 Å². The zero-order chi connectivity index (χ0) is 14.7. The molecule has 0 spiro atoms. The Morgan fingerprint density at radius 2 is 2.00 bits per heavy atom. The Hall–Kier alpha value is -2.56. The third-order valence-corrected chi connectivity index (χ3v) is 3.09. The lowest BCUT2D eigenvalue weighted by atomic mass is 10.2. The van der Waals surface area contributed by atoms with Crippen molar-refractivity contribution < 1.29 is 4.79 Å². The molecular weight excluding hydrogens is 254 g/mol. The van der Waals surface area contributed by atoms with Gasteiger partial charge in [-0.15, -0.1) is 0 Å². The summed E-state index contributed by atoms with van der Waals surface area (Å²) >= 11 is 0. The van der Waals surface area contributed by atoms with E-state index in [2.05, 4.69) is 5.32 Å². The predicted octanol–water partition coefficient (Wildman–Crippen LogP) is 1.69. The van der Waals surface area contributed by atoms with Gasteiger partial charge in [0.2, 0.25) is 5.91 Å². The second-order valence-corrected chi connectivity index (χ2v) is 4.71. The number of rotatable bonds is 3. The van der Waals surface area contributed by atoms with Crippen LogP contribution < -0.4 is 16.6 Å². The fourth-order valence-electron chi connectivity index (χ4n) is 1.99. The molecule has 0 unspecified atom stereocenters. The molecule has 20 heavy (non-hydrogen) atoms. The Kier molecular flexibility index (Phi) is 3.89. The molecule has 5 nitrogen and oxygen atoms in total. The molecule has 0 aliphatic carbocycles. The summed E-state index contributed by atoms with van der Waals surface area (Å²) in [4.78, 5) is 23.7. The predicted molar refractivity (Wildman–Crippen MR) is 79.7 cm³/mol. The van der Waals surface area contributed by atoms with Crippen molar-refractivity contribution in [1.29, 1.82) is 0 Å². The first-order chi connectivity index (χ1) is 9.47. The molecule has 2 rings (SSSR count). The van der Waals surface area contributed by atoms with Gasteiger partial charge >= 0.3 is 0 Å². The van der Waals surface area contributed by atoms with E-state index in [1.807, 2.05) is 6.92 Å². The van der Waals surface area contributed by atoms with Crippen LogP contribution in [0.25, 0.3) is 0 Å². The van der Waals surface area contributed by atoms with Crippen LogP contribution in [0.4, 0.5) is 11.4 Å². The van der Waals surface area contributed by atoms with Gasteiger partial charge in [-0.1, -0.05) is 6.07 Å². The van der Waals surface area contributed by atoms with Crippen LogP contribution >= 0.6 is 0 Å². The molecule has 1 amide bonds. The SMILES string of the molecule is Cc1cc(N)ccc1NC(=O)Cn1c(C)cccc1=O. The summed E-state index contributed by atoms with van der Waals surface area (Å²) < 4.78 is 1.43. The molecule has 0 saturated carbocycles. The number of nitrogen functional groups attached to an aromatic ring is 1. The molecule has 104 valence electrons. The van der Waals surface area contributed by atoms with E-state index in [-0.39, 0.29) is 18.0 Å². The van der Waals surface area contributed by atoms with Gasteiger partial charge in [0, 0.05) is 23.1 Å². The second kappa shape index (κ2) is 5.61. The standard InChI is InChI=1S/C15H17N3O2/c1-10-8-12(16)6-7-13(10)17-14(19)9-18-11(2)4-3-5-15(18)20/h3-8H,9,16H2,1-2H3,(H,17,19). The van der Waals surface area contributed by atoms with E-state index in [4.69, 9.17) is 5.73 Å². The van der Waals surface area contributed by atoms with Gasteiger partial charge < -0.3 is 15.6 Å². The molecule has 0 fully saturated rings. The average Bonchev–Trinajstić information content (AvgIpc) is 2.37. The van der Waals surface area contributed by atoms with Crippen molar-refractivity contribution in [2.24, 2.45) is 0 Å². The molecule has 0 radical (unpaired) electrons. The monoisotopic (exact) mass is 271 g/mol. The van der Waals surface area contributed by atoms with E-state index in [9.17, 15) is 9.59 Å². The van der Waals surface area contributed by atoms with E-state index < -0.39 is 0 Å². The van der Waals surface area contributed by atoms with Crippen molar-refractivity contribution in [2.75, 3.05) is 11.1 Å². The minimum atomic E-state index is -0.241. The number of anilines is 2. The minimum absolute atomic E-state index is 0.00464. The number of nitrogens with one attached hydrogen (secondary N) is 1. The van der Waals surface area contributed by atoms with Crippen molar-refractivity contribution in [1.82, 2.24) is 4.57 Å². The molecule has 0 atom stereocenters. The fourth-order valence-corrected chi connectivity index (χ4v) is 1.99. The molecular formula is C15H17N3O2. The summed E-state index contributed by atoms with van der Waals surface area (Å²) in [5, 5.41) is 2.79. The van der Waals surface area contributed by atoms with Crippen LogP contribution in [0.3, 0.4) is 0 Å². The van der Waals surface area contributed by atoms with Crippen molar-refractivity contribution >= 4 is 17.3 Å². The fraction of sp³-hybridized carbons (Fsp3) is 0.200. The molecule has 2 aromatic rings. The Balaban J connectivity index is 2.15. The maximum absolute atomic E-state index is 12.0. The number of aryl methyl sites for hydroxylation is 2. The topological polar surface area (TPSA) is 77.1 Å². The maximum Gasteiger partial charge on any atom is 0.251 e. The highest BCUT2D eigenvalue weighted by atomic mass is 16.2. The Labute approximate surface area is 117 Å². The number of amides is 1. The van der Waals surface area contributed by atoms with Crippen LogP contribution in [-0.4, -0.2) is 10.5 Å². The molecule has 0 saturated heterocycles. The summed E-state index contributed by atoms with van der Waals surface area (Å²) in [6, 6.07) is 10.2. The number of nitrogens with two attached hydrogens (primary N) is 1. The third-order valence-electron chi connectivity index (χ3n) is 3.09. The van der Waals surface area contributed by atoms with Gasteiger partial charge in [-0.3, -0.25) is 9.59 Å². The van der Waals surface area contributed by atoms with Crippen LogP contribution in [-0.2, 0) is 11.3 Å². The number of aromatic nitrogens is 1. The van der Waals surface area contributed by atoms with Gasteiger partial charge in [0.15, 0.2) is 0 Å². The number of nitrogens with zero attached hydrogens (tertiary/aromatic N) is 1. The van der Waals surface area contributed by atoms with Crippen LogP contribution in [0.15, 0.2) is 41.2 Å². The highest BCUT2D eigenvalue weighted by molar-refractivity contribution is 5.91. The van der Waals surface area contributed by atoms with Crippen molar-refractivity contribution in [3.05, 3.63) is 58.0 Å². The first-order valence-electron chi connectivity index (χ1n) is 6.30. The van der Waals surface area contributed by atoms with E-state index in [1.165, 1.54) is 10.6 Å². The van der Waals surface area contributed by atoms with Gasteiger partial charge in [-0.25, -0.2) is 0 Å². The Morgan fingerprint density at radius 1 is 1.25 bits per heavy atom. The molecule has 1 heterocycles. The van der Waals surface area contributed by atoms with Crippen LogP contribution in [0.1, 0.15) is 11.3 Å². The average molecular weight is 271 g/mol. The summed E-state index contributed by atoms with van der Waals surface area (Å²) in [7, 11) is 0. The molecule has 5 heteroatoms. The Bertz CT molecular complexity index is 705. The largest absolute Gasteiger partial charge is 0.399 e. The molecule has 0 aliphatic rings. The van der Waals surface area contributed by atoms with E-state index >= 15 is 0 Å². The molecule has 1 aromatic heterocycles. The number of pyridine rings is 1. The normalized spacial score (nSPS) is 10.3. The molecule has 1 aromatic carbocycles. The molecule has 0 bridgehead atoms. The summed E-state index contributed by atoms with van der Waals surface area (Å²) in [6.07, 6.45) is 0. The number of hydrogen-bond acceptors (Lipinski definition) is 3. The zero-order valence-corrected chi connectivity index (χ0v) is 11.5. The van der Waals surface area contributed by atoms with Gasteiger partial charge in [-0.05, 0) is 43.7 Å². The van der Waals surface area contributed by atoms with E-state index in [0.717, 1.165) is 11.3 Å². The maximum atomic E-state index is 12.0. The number of carbonyl (C=O) groups is 1. The highest BCUT2D eigenvalue weighted by Crippen LogP contribution is 2.17. The molecule has 3 N–H and O–H groups in total. The minimum Gasteiger partial charge on any atom is -0.399 e. The third kappa shape index (κ3) is 3.06. The van der Waals surface area contributed by atoms with Crippen LogP contribution in [0.5, 0.6) is 0 Å². The quantitative estimate of drug-likeness (QED) is 0.834. The lowest BCUT2D eigenvalue weighted by molar-refractivity contribution is -0.116. The van der Waals surface area contributed by atoms with Crippen LogP contribution in [0.2, 0.25) is 0 Å². The molecule has 0 aliphatic heterocycles. The van der Waals surface area contributed by atoms with Crippen LogP contribution in [0, 0.1) is 13.8 Å². The van der Waals surface area contributed by atoms with Crippen molar-refractivity contribution in [2.45, 2.75) is 20.4 Å². The summed E-state index contributed by atoms with van der Waals surface area (Å²) in [5.74, 6) is -0.241.